The molecule has 106 valence electrons. The molecule has 0 amide bonds. The van der Waals surface area contributed by atoms with Crippen LogP contribution in [0.1, 0.15) is 51.5 Å². The highest BCUT2D eigenvalue weighted by Gasteiger charge is 2.28. The van der Waals surface area contributed by atoms with Gasteiger partial charge >= 0.3 is 0 Å². The highest BCUT2D eigenvalue weighted by atomic mass is 16.5. The molecule has 3 unspecified atom stereocenters. The second-order valence-corrected chi connectivity index (χ2v) is 5.69. The molecule has 1 aliphatic heterocycles. The largest absolute Gasteiger partial charge is 0.493 e. The standard InChI is InChI=1S/C17H27NO/c1-4-13(3)12-16(18-5-2)14-10-11-19-17-9-7-6-8-15(14)17/h6-9,13-14,16,18H,4-5,10-12H2,1-3H3. The van der Waals surface area contributed by atoms with Crippen molar-refractivity contribution in [3.05, 3.63) is 29.8 Å². The van der Waals surface area contributed by atoms with Crippen LogP contribution in [0.3, 0.4) is 0 Å². The van der Waals surface area contributed by atoms with Gasteiger partial charge in [-0.05, 0) is 36.9 Å². The molecule has 0 bridgehead atoms. The third-order valence-electron chi connectivity index (χ3n) is 4.31. The Morgan fingerprint density at radius 3 is 2.84 bits per heavy atom. The zero-order valence-corrected chi connectivity index (χ0v) is 12.5. The number of fused-ring (bicyclic) bond motifs is 1. The van der Waals surface area contributed by atoms with Gasteiger partial charge in [0.1, 0.15) is 5.75 Å². The molecule has 1 aromatic carbocycles. The molecule has 1 heterocycles. The number of ether oxygens (including phenoxy) is 1. The number of hydrogen-bond acceptors (Lipinski definition) is 2. The van der Waals surface area contributed by atoms with Crippen molar-refractivity contribution >= 4 is 0 Å². The summed E-state index contributed by atoms with van der Waals surface area (Å²) in [6, 6.07) is 9.11. The summed E-state index contributed by atoms with van der Waals surface area (Å²) in [7, 11) is 0. The van der Waals surface area contributed by atoms with Crippen LogP contribution in [-0.2, 0) is 0 Å². The van der Waals surface area contributed by atoms with Gasteiger partial charge in [-0.1, -0.05) is 45.4 Å². The average Bonchev–Trinajstić information content (AvgIpc) is 2.46. The number of rotatable bonds is 6. The lowest BCUT2D eigenvalue weighted by Crippen LogP contribution is -2.38. The molecule has 0 radical (unpaired) electrons. The molecule has 19 heavy (non-hydrogen) atoms. The van der Waals surface area contributed by atoms with Crippen molar-refractivity contribution in [2.24, 2.45) is 5.92 Å². The van der Waals surface area contributed by atoms with E-state index in [1.807, 2.05) is 0 Å². The lowest BCUT2D eigenvalue weighted by atomic mass is 9.82. The van der Waals surface area contributed by atoms with Crippen molar-refractivity contribution in [2.75, 3.05) is 13.2 Å². The fourth-order valence-electron chi connectivity index (χ4n) is 3.04. The van der Waals surface area contributed by atoms with Gasteiger partial charge in [0.05, 0.1) is 6.61 Å². The molecule has 0 aliphatic carbocycles. The maximum absolute atomic E-state index is 5.79. The minimum Gasteiger partial charge on any atom is -0.493 e. The van der Waals surface area contributed by atoms with Crippen LogP contribution in [0.5, 0.6) is 5.75 Å². The van der Waals surface area contributed by atoms with Gasteiger partial charge < -0.3 is 10.1 Å². The van der Waals surface area contributed by atoms with Crippen LogP contribution in [0.15, 0.2) is 24.3 Å². The van der Waals surface area contributed by atoms with Crippen molar-refractivity contribution in [1.82, 2.24) is 5.32 Å². The third kappa shape index (κ3) is 3.50. The molecule has 1 N–H and O–H groups in total. The molecule has 3 atom stereocenters. The highest BCUT2D eigenvalue weighted by Crippen LogP contribution is 2.37. The Bertz CT molecular complexity index is 391. The summed E-state index contributed by atoms with van der Waals surface area (Å²) in [4.78, 5) is 0. The summed E-state index contributed by atoms with van der Waals surface area (Å²) in [6.07, 6.45) is 3.64. The van der Waals surface area contributed by atoms with E-state index >= 15 is 0 Å². The molecule has 2 rings (SSSR count). The molecule has 0 saturated heterocycles. The lowest BCUT2D eigenvalue weighted by molar-refractivity contribution is 0.233. The monoisotopic (exact) mass is 261 g/mol. The fraction of sp³-hybridized carbons (Fsp3) is 0.647. The summed E-state index contributed by atoms with van der Waals surface area (Å²) in [5.41, 5.74) is 1.39. The highest BCUT2D eigenvalue weighted by molar-refractivity contribution is 5.38. The zero-order valence-electron chi connectivity index (χ0n) is 12.5. The molecular formula is C17H27NO. The van der Waals surface area contributed by atoms with Crippen LogP contribution < -0.4 is 10.1 Å². The number of hydrogen-bond donors (Lipinski definition) is 1. The van der Waals surface area contributed by atoms with Crippen molar-refractivity contribution in [1.29, 1.82) is 0 Å². The minimum atomic E-state index is 0.574. The van der Waals surface area contributed by atoms with Crippen molar-refractivity contribution in [3.8, 4) is 5.75 Å². The van der Waals surface area contributed by atoms with E-state index in [0.29, 0.717) is 12.0 Å². The first-order valence-corrected chi connectivity index (χ1v) is 7.71. The summed E-state index contributed by atoms with van der Waals surface area (Å²) in [5.74, 6) is 2.46. The van der Waals surface area contributed by atoms with Gasteiger partial charge in [-0.25, -0.2) is 0 Å². The van der Waals surface area contributed by atoms with Gasteiger partial charge in [0.2, 0.25) is 0 Å². The van der Waals surface area contributed by atoms with E-state index in [0.717, 1.165) is 31.2 Å². The number of likely N-dealkylation sites (N-methyl/N-ethyl adjacent to an activating group) is 1. The van der Waals surface area contributed by atoms with Crippen molar-refractivity contribution in [2.45, 2.75) is 52.0 Å². The van der Waals surface area contributed by atoms with Gasteiger partial charge in [0.25, 0.3) is 0 Å². The van der Waals surface area contributed by atoms with E-state index in [1.165, 1.54) is 18.4 Å². The quantitative estimate of drug-likeness (QED) is 0.836. The Labute approximate surface area is 117 Å². The van der Waals surface area contributed by atoms with Gasteiger partial charge in [0.15, 0.2) is 0 Å². The van der Waals surface area contributed by atoms with E-state index in [9.17, 15) is 0 Å². The maximum atomic E-state index is 5.79. The van der Waals surface area contributed by atoms with Gasteiger partial charge in [-0.2, -0.15) is 0 Å². The first-order chi connectivity index (χ1) is 9.26. The summed E-state index contributed by atoms with van der Waals surface area (Å²) in [5, 5.41) is 3.70. The Hall–Kier alpha value is -1.02. The first kappa shape index (κ1) is 14.4. The van der Waals surface area contributed by atoms with E-state index in [2.05, 4.69) is 50.4 Å². The SMILES string of the molecule is CCNC(CC(C)CC)C1CCOc2ccccc21. The van der Waals surface area contributed by atoms with Crippen molar-refractivity contribution < 1.29 is 4.74 Å². The summed E-state index contributed by atoms with van der Waals surface area (Å²) >= 11 is 0. The predicted molar refractivity (Wildman–Crippen MR) is 80.8 cm³/mol. The molecule has 0 saturated carbocycles. The first-order valence-electron chi connectivity index (χ1n) is 7.71. The van der Waals surface area contributed by atoms with Crippen molar-refractivity contribution in [3.63, 3.8) is 0 Å². The maximum Gasteiger partial charge on any atom is 0.122 e. The normalized spacial score (nSPS) is 21.3. The second-order valence-electron chi connectivity index (χ2n) is 5.69. The smallest absolute Gasteiger partial charge is 0.122 e. The zero-order chi connectivity index (χ0) is 13.7. The number of benzene rings is 1. The summed E-state index contributed by atoms with van der Waals surface area (Å²) in [6.45, 7) is 8.74. The molecule has 2 heteroatoms. The Balaban J connectivity index is 2.18. The minimum absolute atomic E-state index is 0.574. The second kappa shape index (κ2) is 6.95. The topological polar surface area (TPSA) is 21.3 Å². The Morgan fingerprint density at radius 1 is 1.32 bits per heavy atom. The number of nitrogens with one attached hydrogen (secondary N) is 1. The lowest BCUT2D eigenvalue weighted by Gasteiger charge is -2.34. The van der Waals surface area contributed by atoms with Crippen LogP contribution >= 0.6 is 0 Å². The summed E-state index contributed by atoms with van der Waals surface area (Å²) < 4.78 is 5.79. The van der Waals surface area contributed by atoms with Gasteiger partial charge in [-0.15, -0.1) is 0 Å². The molecule has 0 aromatic heterocycles. The molecule has 0 fully saturated rings. The van der Waals surface area contributed by atoms with Gasteiger partial charge in [0, 0.05) is 12.0 Å². The predicted octanol–water partition coefficient (Wildman–Crippen LogP) is 3.97. The van der Waals surface area contributed by atoms with E-state index in [4.69, 9.17) is 4.74 Å². The average molecular weight is 261 g/mol. The van der Waals surface area contributed by atoms with E-state index in [-0.39, 0.29) is 0 Å². The molecule has 1 aromatic rings. The van der Waals surface area contributed by atoms with Crippen LogP contribution in [0, 0.1) is 5.92 Å². The van der Waals surface area contributed by atoms with E-state index in [1.54, 1.807) is 0 Å². The molecule has 0 spiro atoms. The third-order valence-corrected chi connectivity index (χ3v) is 4.31. The van der Waals surface area contributed by atoms with Gasteiger partial charge in [-0.3, -0.25) is 0 Å². The Morgan fingerprint density at radius 2 is 2.11 bits per heavy atom. The molecule has 1 aliphatic rings. The molecule has 2 nitrogen and oxygen atoms in total. The van der Waals surface area contributed by atoms with Crippen LogP contribution in [0.25, 0.3) is 0 Å². The Kier molecular flexibility index (Phi) is 5.26. The van der Waals surface area contributed by atoms with Crippen LogP contribution in [0.4, 0.5) is 0 Å². The van der Waals surface area contributed by atoms with Crippen LogP contribution in [0.2, 0.25) is 0 Å². The van der Waals surface area contributed by atoms with Crippen LogP contribution in [-0.4, -0.2) is 19.2 Å². The molecular weight excluding hydrogens is 234 g/mol. The number of para-hydroxylation sites is 1. The fourth-order valence-corrected chi connectivity index (χ4v) is 3.04. The van der Waals surface area contributed by atoms with E-state index < -0.39 is 0 Å².